The third-order valence-electron chi connectivity index (χ3n) is 2.69. The maximum Gasteiger partial charge on any atom is 0.183 e. The lowest BCUT2D eigenvalue weighted by Gasteiger charge is -2.20. The molecule has 2 N–H and O–H groups in total. The Morgan fingerprint density at radius 3 is 2.74 bits per heavy atom. The van der Waals surface area contributed by atoms with Crippen molar-refractivity contribution in [3.8, 4) is 11.5 Å². The number of nitrogens with one attached hydrogen (secondary N) is 2. The van der Waals surface area contributed by atoms with E-state index in [1.54, 1.807) is 6.26 Å². The van der Waals surface area contributed by atoms with Crippen LogP contribution in [0.4, 0.5) is 5.82 Å². The van der Waals surface area contributed by atoms with Crippen LogP contribution in [0.1, 0.15) is 20.8 Å². The second-order valence-electron chi connectivity index (χ2n) is 5.52. The summed E-state index contributed by atoms with van der Waals surface area (Å²) in [4.78, 5) is 4.50. The monoisotopic (exact) mass is 256 g/mol. The van der Waals surface area contributed by atoms with Crippen molar-refractivity contribution in [1.82, 2.24) is 15.2 Å². The van der Waals surface area contributed by atoms with Crippen LogP contribution in [0, 0.1) is 0 Å². The number of aromatic nitrogens is 3. The third-order valence-corrected chi connectivity index (χ3v) is 2.69. The van der Waals surface area contributed by atoms with Gasteiger partial charge in [-0.15, -0.1) is 0 Å². The molecule has 0 saturated carbocycles. The van der Waals surface area contributed by atoms with E-state index in [1.807, 2.05) is 24.3 Å². The molecule has 0 spiro atoms. The highest BCUT2D eigenvalue weighted by Gasteiger charge is 2.14. The lowest BCUT2D eigenvalue weighted by Crippen LogP contribution is -2.26. The molecule has 0 fully saturated rings. The van der Waals surface area contributed by atoms with Gasteiger partial charge < -0.3 is 9.73 Å². The van der Waals surface area contributed by atoms with Crippen LogP contribution in [0.5, 0.6) is 0 Å². The largest absolute Gasteiger partial charge is 0.463 e. The van der Waals surface area contributed by atoms with E-state index in [1.165, 1.54) is 0 Å². The Balaban J connectivity index is 2.03. The summed E-state index contributed by atoms with van der Waals surface area (Å²) in [6.07, 6.45) is 1.64. The summed E-state index contributed by atoms with van der Waals surface area (Å²) in [5.74, 6) is 1.58. The van der Waals surface area contributed by atoms with E-state index >= 15 is 0 Å². The maximum absolute atomic E-state index is 5.38. The van der Waals surface area contributed by atoms with Gasteiger partial charge in [-0.2, -0.15) is 5.10 Å². The molecule has 5 nitrogen and oxygen atoms in total. The van der Waals surface area contributed by atoms with E-state index in [4.69, 9.17) is 4.42 Å². The number of aromatic amines is 1. The number of nitrogens with zero attached hydrogens (tertiary/aromatic N) is 2. The predicted molar refractivity (Wildman–Crippen MR) is 75.0 cm³/mol. The summed E-state index contributed by atoms with van der Waals surface area (Å²) in [5, 5.41) is 11.5. The molecule has 3 rings (SSSR count). The quantitative estimate of drug-likeness (QED) is 0.737. The van der Waals surface area contributed by atoms with Crippen LogP contribution in [0.3, 0.4) is 0 Å². The Morgan fingerprint density at radius 1 is 1.21 bits per heavy atom. The first-order valence-electron chi connectivity index (χ1n) is 6.20. The third kappa shape index (κ3) is 2.31. The van der Waals surface area contributed by atoms with Crippen molar-refractivity contribution in [3.05, 3.63) is 30.5 Å². The number of rotatable bonds is 2. The van der Waals surface area contributed by atoms with Crippen LogP contribution >= 0.6 is 0 Å². The minimum Gasteiger partial charge on any atom is -0.463 e. The van der Waals surface area contributed by atoms with Crippen LogP contribution in [0.2, 0.25) is 0 Å². The van der Waals surface area contributed by atoms with Crippen LogP contribution in [-0.2, 0) is 0 Å². The number of hydrogen-bond acceptors (Lipinski definition) is 4. The van der Waals surface area contributed by atoms with Crippen molar-refractivity contribution in [2.24, 2.45) is 0 Å². The fraction of sp³-hybridized carbons (Fsp3) is 0.286. The van der Waals surface area contributed by atoms with Crippen LogP contribution < -0.4 is 5.32 Å². The Morgan fingerprint density at radius 2 is 2.05 bits per heavy atom. The number of pyridine rings is 1. The molecule has 5 heteroatoms. The predicted octanol–water partition coefficient (Wildman–Crippen LogP) is 3.43. The minimum atomic E-state index is -0.0270. The second kappa shape index (κ2) is 4.12. The van der Waals surface area contributed by atoms with Gasteiger partial charge in [0.2, 0.25) is 0 Å². The standard InChI is InChI=1S/C14H16N4O/c1-14(2,3)16-11-7-6-9-12(10-5-4-8-19-10)17-18-13(9)15-11/h4-8H,1-3H3,(H2,15,16,17,18). The van der Waals surface area contributed by atoms with Crippen molar-refractivity contribution >= 4 is 16.9 Å². The Hall–Kier alpha value is -2.30. The van der Waals surface area contributed by atoms with E-state index in [9.17, 15) is 0 Å². The Labute approximate surface area is 111 Å². The molecule has 3 heterocycles. The van der Waals surface area contributed by atoms with Gasteiger partial charge in [-0.3, -0.25) is 5.10 Å². The van der Waals surface area contributed by atoms with Crippen molar-refractivity contribution in [3.63, 3.8) is 0 Å². The first-order chi connectivity index (χ1) is 9.03. The first-order valence-corrected chi connectivity index (χ1v) is 6.20. The highest BCUT2D eigenvalue weighted by Crippen LogP contribution is 2.26. The average molecular weight is 256 g/mol. The van der Waals surface area contributed by atoms with Gasteiger partial charge >= 0.3 is 0 Å². The summed E-state index contributed by atoms with van der Waals surface area (Å²) in [5.41, 5.74) is 1.51. The van der Waals surface area contributed by atoms with Gasteiger partial charge in [-0.1, -0.05) is 0 Å². The first kappa shape index (κ1) is 11.8. The molecule has 19 heavy (non-hydrogen) atoms. The molecular formula is C14H16N4O. The van der Waals surface area contributed by atoms with Crippen LogP contribution in [-0.4, -0.2) is 20.7 Å². The van der Waals surface area contributed by atoms with E-state index in [-0.39, 0.29) is 5.54 Å². The van der Waals surface area contributed by atoms with Gasteiger partial charge in [-0.25, -0.2) is 4.98 Å². The second-order valence-corrected chi connectivity index (χ2v) is 5.52. The number of fused-ring (bicyclic) bond motifs is 1. The molecule has 0 saturated heterocycles. The highest BCUT2D eigenvalue weighted by atomic mass is 16.3. The molecular weight excluding hydrogens is 240 g/mol. The van der Waals surface area contributed by atoms with Crippen LogP contribution in [0.25, 0.3) is 22.5 Å². The number of furan rings is 1. The van der Waals surface area contributed by atoms with Crippen molar-refractivity contribution < 1.29 is 4.42 Å². The Kier molecular flexibility index (Phi) is 2.55. The van der Waals surface area contributed by atoms with Gasteiger partial charge in [-0.05, 0) is 45.0 Å². The summed E-state index contributed by atoms with van der Waals surface area (Å²) >= 11 is 0. The zero-order valence-electron chi connectivity index (χ0n) is 11.2. The molecule has 0 aliphatic carbocycles. The van der Waals surface area contributed by atoms with E-state index in [0.29, 0.717) is 5.65 Å². The van der Waals surface area contributed by atoms with E-state index < -0.39 is 0 Å². The average Bonchev–Trinajstić information content (AvgIpc) is 2.93. The van der Waals surface area contributed by atoms with E-state index in [2.05, 4.69) is 41.3 Å². The van der Waals surface area contributed by atoms with E-state index in [0.717, 1.165) is 22.7 Å². The lowest BCUT2D eigenvalue weighted by atomic mass is 10.1. The molecule has 0 radical (unpaired) electrons. The molecule has 0 bridgehead atoms. The summed E-state index contributed by atoms with van der Waals surface area (Å²) in [7, 11) is 0. The molecule has 0 aliphatic rings. The molecule has 0 atom stereocenters. The number of anilines is 1. The van der Waals surface area contributed by atoms with Crippen molar-refractivity contribution in [1.29, 1.82) is 0 Å². The zero-order chi connectivity index (χ0) is 13.5. The molecule has 0 amide bonds. The summed E-state index contributed by atoms with van der Waals surface area (Å²) < 4.78 is 5.38. The SMILES string of the molecule is CC(C)(C)Nc1ccc2c(-c3ccco3)[nH]nc2n1. The minimum absolute atomic E-state index is 0.0270. The molecule has 0 aliphatic heterocycles. The van der Waals surface area contributed by atoms with Gasteiger partial charge in [0, 0.05) is 5.54 Å². The van der Waals surface area contributed by atoms with Crippen LogP contribution in [0.15, 0.2) is 34.9 Å². The molecule has 3 aromatic heterocycles. The van der Waals surface area contributed by atoms with Crippen molar-refractivity contribution in [2.75, 3.05) is 5.32 Å². The topological polar surface area (TPSA) is 66.7 Å². The van der Waals surface area contributed by atoms with Gasteiger partial charge in [0.1, 0.15) is 11.5 Å². The summed E-state index contributed by atoms with van der Waals surface area (Å²) in [6.45, 7) is 6.28. The number of hydrogen-bond donors (Lipinski definition) is 2. The fourth-order valence-electron chi connectivity index (χ4n) is 1.96. The smallest absolute Gasteiger partial charge is 0.183 e. The van der Waals surface area contributed by atoms with Gasteiger partial charge in [0.25, 0.3) is 0 Å². The highest BCUT2D eigenvalue weighted by molar-refractivity contribution is 5.90. The number of H-pyrrole nitrogens is 1. The normalized spacial score (nSPS) is 11.9. The molecule has 3 aromatic rings. The Bertz CT molecular complexity index is 692. The lowest BCUT2D eigenvalue weighted by molar-refractivity contribution is 0.580. The molecule has 0 aromatic carbocycles. The van der Waals surface area contributed by atoms with Gasteiger partial charge in [0.15, 0.2) is 11.4 Å². The maximum atomic E-state index is 5.38. The summed E-state index contributed by atoms with van der Waals surface area (Å²) in [6, 6.07) is 7.70. The zero-order valence-corrected chi connectivity index (χ0v) is 11.2. The van der Waals surface area contributed by atoms with Crippen molar-refractivity contribution in [2.45, 2.75) is 26.3 Å². The van der Waals surface area contributed by atoms with Gasteiger partial charge in [0.05, 0.1) is 11.6 Å². The molecule has 0 unspecified atom stereocenters. The fourth-order valence-corrected chi connectivity index (χ4v) is 1.96. The molecule has 98 valence electrons.